The van der Waals surface area contributed by atoms with Crippen LogP contribution in [0.15, 0.2) is 24.3 Å². The molecule has 0 aliphatic carbocycles. The SMILES string of the molecule is CN(CCOc1ccccc1Cl)C(=O)CC1CCNCC1. The number of rotatable bonds is 6. The van der Waals surface area contributed by atoms with Gasteiger partial charge in [0.2, 0.25) is 5.91 Å². The number of carbonyl (C=O) groups is 1. The zero-order valence-electron chi connectivity index (χ0n) is 12.5. The predicted octanol–water partition coefficient (Wildman–Crippen LogP) is 2.57. The van der Waals surface area contributed by atoms with Crippen molar-refractivity contribution in [1.82, 2.24) is 10.2 Å². The zero-order valence-corrected chi connectivity index (χ0v) is 13.2. The van der Waals surface area contributed by atoms with Crippen LogP contribution in [0.1, 0.15) is 19.3 Å². The van der Waals surface area contributed by atoms with E-state index in [1.54, 1.807) is 11.0 Å². The number of piperidine rings is 1. The molecule has 1 aromatic carbocycles. The molecule has 1 aliphatic heterocycles. The summed E-state index contributed by atoms with van der Waals surface area (Å²) in [6, 6.07) is 7.37. The largest absolute Gasteiger partial charge is 0.490 e. The molecule has 1 heterocycles. The molecule has 4 nitrogen and oxygen atoms in total. The normalized spacial score (nSPS) is 15.7. The highest BCUT2D eigenvalue weighted by Gasteiger charge is 2.18. The quantitative estimate of drug-likeness (QED) is 0.878. The first-order chi connectivity index (χ1) is 10.2. The monoisotopic (exact) mass is 310 g/mol. The van der Waals surface area contributed by atoms with E-state index in [1.807, 2.05) is 25.2 Å². The lowest BCUT2D eigenvalue weighted by molar-refractivity contribution is -0.131. The first-order valence-electron chi connectivity index (χ1n) is 7.49. The molecule has 0 saturated carbocycles. The number of halogens is 1. The Bertz CT molecular complexity index is 461. The molecule has 1 aliphatic rings. The number of hydrogen-bond acceptors (Lipinski definition) is 3. The maximum atomic E-state index is 12.1. The van der Waals surface area contributed by atoms with E-state index in [-0.39, 0.29) is 5.91 Å². The molecule has 1 N–H and O–H groups in total. The highest BCUT2D eigenvalue weighted by Crippen LogP contribution is 2.23. The number of nitrogens with zero attached hydrogens (tertiary/aromatic N) is 1. The summed E-state index contributed by atoms with van der Waals surface area (Å²) in [4.78, 5) is 13.9. The van der Waals surface area contributed by atoms with E-state index in [0.717, 1.165) is 25.9 Å². The van der Waals surface area contributed by atoms with E-state index in [1.165, 1.54) is 0 Å². The molecule has 5 heteroatoms. The van der Waals surface area contributed by atoms with Crippen molar-refractivity contribution < 1.29 is 9.53 Å². The summed E-state index contributed by atoms with van der Waals surface area (Å²) in [5.74, 6) is 1.38. The van der Waals surface area contributed by atoms with Crippen molar-refractivity contribution in [3.63, 3.8) is 0 Å². The van der Waals surface area contributed by atoms with Gasteiger partial charge in [-0.3, -0.25) is 4.79 Å². The summed E-state index contributed by atoms with van der Waals surface area (Å²) < 4.78 is 5.61. The van der Waals surface area contributed by atoms with Gasteiger partial charge in [-0.25, -0.2) is 0 Å². The van der Waals surface area contributed by atoms with Gasteiger partial charge in [0, 0.05) is 13.5 Å². The molecule has 0 radical (unpaired) electrons. The van der Waals surface area contributed by atoms with Gasteiger partial charge in [0.05, 0.1) is 11.6 Å². The van der Waals surface area contributed by atoms with Crippen LogP contribution in [-0.2, 0) is 4.79 Å². The molecule has 1 amide bonds. The predicted molar refractivity (Wildman–Crippen MR) is 84.8 cm³/mol. The lowest BCUT2D eigenvalue weighted by atomic mass is 9.94. The van der Waals surface area contributed by atoms with Crippen LogP contribution in [0.4, 0.5) is 0 Å². The zero-order chi connectivity index (χ0) is 15.1. The smallest absolute Gasteiger partial charge is 0.222 e. The molecule has 1 aromatic rings. The molecule has 2 rings (SSSR count). The average Bonchev–Trinajstić information content (AvgIpc) is 2.50. The Balaban J connectivity index is 1.70. The summed E-state index contributed by atoms with van der Waals surface area (Å²) >= 11 is 6.02. The van der Waals surface area contributed by atoms with Crippen LogP contribution in [0, 0.1) is 5.92 Å². The van der Waals surface area contributed by atoms with Gasteiger partial charge < -0.3 is 15.0 Å². The molecule has 21 heavy (non-hydrogen) atoms. The van der Waals surface area contributed by atoms with Crippen LogP contribution in [0.5, 0.6) is 5.75 Å². The highest BCUT2D eigenvalue weighted by atomic mass is 35.5. The fourth-order valence-electron chi connectivity index (χ4n) is 2.47. The molecule has 1 fully saturated rings. The second-order valence-corrected chi connectivity index (χ2v) is 5.90. The molecule has 116 valence electrons. The number of benzene rings is 1. The second kappa shape index (κ2) is 8.25. The summed E-state index contributed by atoms with van der Waals surface area (Å²) in [7, 11) is 1.83. The Labute approximate surface area is 131 Å². The van der Waals surface area contributed by atoms with Crippen LogP contribution in [0.3, 0.4) is 0 Å². The number of likely N-dealkylation sites (N-methyl/N-ethyl adjacent to an activating group) is 1. The third kappa shape index (κ3) is 5.21. The number of carbonyl (C=O) groups excluding carboxylic acids is 1. The third-order valence-electron chi connectivity index (χ3n) is 3.87. The first kappa shape index (κ1) is 16.1. The second-order valence-electron chi connectivity index (χ2n) is 5.49. The van der Waals surface area contributed by atoms with Crippen LogP contribution >= 0.6 is 11.6 Å². The van der Waals surface area contributed by atoms with E-state index < -0.39 is 0 Å². The average molecular weight is 311 g/mol. The van der Waals surface area contributed by atoms with Crippen LogP contribution < -0.4 is 10.1 Å². The van der Waals surface area contributed by atoms with Crippen LogP contribution in [-0.4, -0.2) is 44.1 Å². The summed E-state index contributed by atoms with van der Waals surface area (Å²) in [5, 5.41) is 3.92. The van der Waals surface area contributed by atoms with Gasteiger partial charge in [0.15, 0.2) is 0 Å². The number of hydrogen-bond donors (Lipinski definition) is 1. The number of nitrogens with one attached hydrogen (secondary N) is 1. The van der Waals surface area contributed by atoms with Crippen LogP contribution in [0.25, 0.3) is 0 Å². The van der Waals surface area contributed by atoms with Crippen molar-refractivity contribution in [3.05, 3.63) is 29.3 Å². The van der Waals surface area contributed by atoms with Gasteiger partial charge >= 0.3 is 0 Å². The van der Waals surface area contributed by atoms with Gasteiger partial charge in [-0.05, 0) is 44.0 Å². The Morgan fingerprint density at radius 1 is 1.38 bits per heavy atom. The maximum absolute atomic E-state index is 12.1. The molecule has 1 saturated heterocycles. The van der Waals surface area contributed by atoms with Crippen LogP contribution in [0.2, 0.25) is 5.02 Å². The van der Waals surface area contributed by atoms with Gasteiger partial charge in [-0.2, -0.15) is 0 Å². The van der Waals surface area contributed by atoms with Crippen molar-refractivity contribution >= 4 is 17.5 Å². The standard InChI is InChI=1S/C16H23ClN2O2/c1-19(16(20)12-13-6-8-18-9-7-13)10-11-21-15-5-3-2-4-14(15)17/h2-5,13,18H,6-12H2,1H3. The molecule has 0 atom stereocenters. The minimum atomic E-state index is 0.199. The van der Waals surface area contributed by atoms with Gasteiger partial charge in [-0.15, -0.1) is 0 Å². The van der Waals surface area contributed by atoms with E-state index in [2.05, 4.69) is 5.32 Å². The fraction of sp³-hybridized carbons (Fsp3) is 0.562. The van der Waals surface area contributed by atoms with E-state index in [9.17, 15) is 4.79 Å². The lowest BCUT2D eigenvalue weighted by Gasteiger charge is -2.25. The number of amides is 1. The third-order valence-corrected chi connectivity index (χ3v) is 4.18. The van der Waals surface area contributed by atoms with Crippen molar-refractivity contribution in [1.29, 1.82) is 0 Å². The maximum Gasteiger partial charge on any atom is 0.222 e. The molecule has 0 bridgehead atoms. The Hall–Kier alpha value is -1.26. The summed E-state index contributed by atoms with van der Waals surface area (Å²) in [6.07, 6.45) is 2.83. The van der Waals surface area contributed by atoms with Crippen molar-refractivity contribution in [2.75, 3.05) is 33.3 Å². The van der Waals surface area contributed by atoms with Gasteiger partial charge in [0.25, 0.3) is 0 Å². The molecule has 0 aromatic heterocycles. The van der Waals surface area contributed by atoms with Gasteiger partial charge in [0.1, 0.15) is 12.4 Å². The summed E-state index contributed by atoms with van der Waals surface area (Å²) in [5.41, 5.74) is 0. The van der Waals surface area contributed by atoms with Crippen molar-refractivity contribution in [2.24, 2.45) is 5.92 Å². The molecular weight excluding hydrogens is 288 g/mol. The van der Waals surface area contributed by atoms with Gasteiger partial charge in [-0.1, -0.05) is 23.7 Å². The Kier molecular flexibility index (Phi) is 6.33. The van der Waals surface area contributed by atoms with Crippen molar-refractivity contribution in [3.8, 4) is 5.75 Å². The fourth-order valence-corrected chi connectivity index (χ4v) is 2.66. The summed E-state index contributed by atoms with van der Waals surface area (Å²) in [6.45, 7) is 3.09. The number of para-hydroxylation sites is 1. The Morgan fingerprint density at radius 2 is 2.10 bits per heavy atom. The molecule has 0 spiro atoms. The van der Waals surface area contributed by atoms with E-state index >= 15 is 0 Å². The number of ether oxygens (including phenoxy) is 1. The molecule has 0 unspecified atom stereocenters. The topological polar surface area (TPSA) is 41.6 Å². The van der Waals surface area contributed by atoms with E-state index in [0.29, 0.717) is 36.3 Å². The minimum absolute atomic E-state index is 0.199. The lowest BCUT2D eigenvalue weighted by Crippen LogP contribution is -2.35. The molecular formula is C16H23ClN2O2. The minimum Gasteiger partial charge on any atom is -0.490 e. The van der Waals surface area contributed by atoms with Crippen molar-refractivity contribution in [2.45, 2.75) is 19.3 Å². The van der Waals surface area contributed by atoms with E-state index in [4.69, 9.17) is 16.3 Å². The highest BCUT2D eigenvalue weighted by molar-refractivity contribution is 6.32. The Morgan fingerprint density at radius 3 is 2.81 bits per heavy atom. The first-order valence-corrected chi connectivity index (χ1v) is 7.86.